The summed E-state index contributed by atoms with van der Waals surface area (Å²) in [6.07, 6.45) is 2.85. The molecule has 0 spiro atoms. The summed E-state index contributed by atoms with van der Waals surface area (Å²) in [6, 6.07) is 9.81. The molecule has 0 aliphatic heterocycles. The van der Waals surface area contributed by atoms with Gasteiger partial charge in [0.05, 0.1) is 5.39 Å². The molecule has 2 amide bonds. The molecule has 0 aliphatic rings. The van der Waals surface area contributed by atoms with Crippen molar-refractivity contribution in [2.75, 3.05) is 19.4 Å². The van der Waals surface area contributed by atoms with Gasteiger partial charge in [0.2, 0.25) is 5.91 Å². The lowest BCUT2D eigenvalue weighted by Crippen LogP contribution is -2.28. The van der Waals surface area contributed by atoms with Crippen molar-refractivity contribution in [3.05, 3.63) is 64.8 Å². The molecule has 0 fully saturated rings. The van der Waals surface area contributed by atoms with Crippen LogP contribution in [-0.4, -0.2) is 45.3 Å². The van der Waals surface area contributed by atoms with E-state index in [4.69, 9.17) is 0 Å². The smallest absolute Gasteiger partial charge is 0.263 e. The van der Waals surface area contributed by atoms with E-state index in [2.05, 4.69) is 15.3 Å². The van der Waals surface area contributed by atoms with Gasteiger partial charge in [-0.05, 0) is 36.4 Å². The fourth-order valence-electron chi connectivity index (χ4n) is 2.42. The van der Waals surface area contributed by atoms with Crippen molar-refractivity contribution in [3.63, 3.8) is 0 Å². The van der Waals surface area contributed by atoms with Gasteiger partial charge in [0.25, 0.3) is 11.5 Å². The van der Waals surface area contributed by atoms with Gasteiger partial charge in [-0.3, -0.25) is 19.0 Å². The number of anilines is 1. The van der Waals surface area contributed by atoms with Crippen LogP contribution in [0.5, 0.6) is 0 Å². The summed E-state index contributed by atoms with van der Waals surface area (Å²) in [5.74, 6) is -0.492. The molecule has 0 unspecified atom stereocenters. The predicted octanol–water partition coefficient (Wildman–Crippen LogP) is 1.13. The number of nitrogens with one attached hydrogen (secondary N) is 1. The molecule has 8 nitrogen and oxygen atoms in total. The third-order valence-electron chi connectivity index (χ3n) is 3.73. The minimum atomic E-state index is -0.371. The Labute approximate surface area is 149 Å². The van der Waals surface area contributed by atoms with Crippen molar-refractivity contribution in [2.45, 2.75) is 6.54 Å². The molecule has 3 rings (SSSR count). The second kappa shape index (κ2) is 7.14. The summed E-state index contributed by atoms with van der Waals surface area (Å²) in [4.78, 5) is 46.0. The molecule has 1 N–H and O–H groups in total. The molecule has 0 saturated heterocycles. The number of amides is 2. The van der Waals surface area contributed by atoms with Crippen LogP contribution in [0.2, 0.25) is 0 Å². The highest BCUT2D eigenvalue weighted by atomic mass is 16.2. The molecule has 1 aromatic carbocycles. The highest BCUT2D eigenvalue weighted by Gasteiger charge is 2.10. The standard InChI is InChI=1S/C18H17N5O3/c1-22(2)17(25)12-5-7-13(8-6-12)21-15(24)10-23-11-20-16-14(18(23)26)4-3-9-19-16/h3-9,11H,10H2,1-2H3,(H,21,24). The second-order valence-electron chi connectivity index (χ2n) is 5.88. The first kappa shape index (κ1) is 17.3. The van der Waals surface area contributed by atoms with Crippen LogP contribution in [0, 0.1) is 0 Å². The number of fused-ring (bicyclic) bond motifs is 1. The van der Waals surface area contributed by atoms with Gasteiger partial charge in [0.1, 0.15) is 12.9 Å². The molecule has 132 valence electrons. The SMILES string of the molecule is CN(C)C(=O)c1ccc(NC(=O)Cn2cnc3ncccc3c2=O)cc1. The molecule has 0 radical (unpaired) electrons. The van der Waals surface area contributed by atoms with Gasteiger partial charge >= 0.3 is 0 Å². The summed E-state index contributed by atoms with van der Waals surface area (Å²) >= 11 is 0. The Kier molecular flexibility index (Phi) is 4.74. The van der Waals surface area contributed by atoms with E-state index in [1.807, 2.05) is 0 Å². The Morgan fingerprint density at radius 3 is 2.54 bits per heavy atom. The van der Waals surface area contributed by atoms with E-state index in [9.17, 15) is 14.4 Å². The van der Waals surface area contributed by atoms with Gasteiger partial charge in [-0.2, -0.15) is 0 Å². The number of carbonyl (C=O) groups is 2. The van der Waals surface area contributed by atoms with Crippen LogP contribution in [0.4, 0.5) is 5.69 Å². The fraction of sp³-hybridized carbons (Fsp3) is 0.167. The van der Waals surface area contributed by atoms with E-state index in [1.165, 1.54) is 15.8 Å². The molecule has 8 heteroatoms. The maximum absolute atomic E-state index is 12.4. The Hall–Kier alpha value is -3.55. The number of hydrogen-bond donors (Lipinski definition) is 1. The highest BCUT2D eigenvalue weighted by molar-refractivity contribution is 5.95. The Balaban J connectivity index is 1.72. The van der Waals surface area contributed by atoms with Gasteiger partial charge in [-0.1, -0.05) is 0 Å². The average molecular weight is 351 g/mol. The lowest BCUT2D eigenvalue weighted by Gasteiger charge is -2.11. The number of rotatable bonds is 4. The van der Waals surface area contributed by atoms with Crippen molar-refractivity contribution < 1.29 is 9.59 Å². The average Bonchev–Trinajstić information content (AvgIpc) is 2.64. The van der Waals surface area contributed by atoms with Crippen LogP contribution in [0.15, 0.2) is 53.7 Å². The van der Waals surface area contributed by atoms with Crippen LogP contribution in [0.3, 0.4) is 0 Å². The fourth-order valence-corrected chi connectivity index (χ4v) is 2.42. The van der Waals surface area contributed by atoms with E-state index in [-0.39, 0.29) is 23.9 Å². The summed E-state index contributed by atoms with van der Waals surface area (Å²) in [6.45, 7) is -0.172. The Bertz CT molecular complexity index is 1020. The van der Waals surface area contributed by atoms with E-state index in [0.717, 1.165) is 0 Å². The van der Waals surface area contributed by atoms with Crippen molar-refractivity contribution in [1.29, 1.82) is 0 Å². The predicted molar refractivity (Wildman–Crippen MR) is 96.9 cm³/mol. The summed E-state index contributed by atoms with van der Waals surface area (Å²) in [5, 5.41) is 3.05. The van der Waals surface area contributed by atoms with Crippen LogP contribution >= 0.6 is 0 Å². The number of carbonyl (C=O) groups excluding carboxylic acids is 2. The van der Waals surface area contributed by atoms with E-state index in [0.29, 0.717) is 22.3 Å². The zero-order valence-corrected chi connectivity index (χ0v) is 14.3. The molecule has 0 atom stereocenters. The topological polar surface area (TPSA) is 97.2 Å². The third kappa shape index (κ3) is 3.59. The number of pyridine rings is 1. The van der Waals surface area contributed by atoms with Crippen LogP contribution in [0.1, 0.15) is 10.4 Å². The molecule has 0 saturated carbocycles. The van der Waals surface area contributed by atoms with Crippen molar-refractivity contribution >= 4 is 28.5 Å². The van der Waals surface area contributed by atoms with Gasteiger partial charge < -0.3 is 10.2 Å². The zero-order valence-electron chi connectivity index (χ0n) is 14.3. The summed E-state index contributed by atoms with van der Waals surface area (Å²) in [7, 11) is 3.34. The first-order valence-corrected chi connectivity index (χ1v) is 7.87. The number of aromatic nitrogens is 3. The molecule has 2 heterocycles. The molecule has 26 heavy (non-hydrogen) atoms. The third-order valence-corrected chi connectivity index (χ3v) is 3.73. The van der Waals surface area contributed by atoms with Crippen LogP contribution < -0.4 is 10.9 Å². The van der Waals surface area contributed by atoms with E-state index >= 15 is 0 Å². The Morgan fingerprint density at radius 1 is 1.12 bits per heavy atom. The van der Waals surface area contributed by atoms with Gasteiger partial charge in [-0.25, -0.2) is 9.97 Å². The molecular weight excluding hydrogens is 334 g/mol. The normalized spacial score (nSPS) is 10.5. The van der Waals surface area contributed by atoms with Crippen LogP contribution in [-0.2, 0) is 11.3 Å². The van der Waals surface area contributed by atoms with Gasteiger partial charge in [0.15, 0.2) is 5.65 Å². The minimum absolute atomic E-state index is 0.120. The van der Waals surface area contributed by atoms with E-state index < -0.39 is 0 Å². The lowest BCUT2D eigenvalue weighted by molar-refractivity contribution is -0.116. The quantitative estimate of drug-likeness (QED) is 0.760. The minimum Gasteiger partial charge on any atom is -0.345 e. The number of hydrogen-bond acceptors (Lipinski definition) is 5. The number of benzene rings is 1. The van der Waals surface area contributed by atoms with Crippen molar-refractivity contribution in [2.24, 2.45) is 0 Å². The van der Waals surface area contributed by atoms with Gasteiger partial charge in [-0.15, -0.1) is 0 Å². The number of nitrogens with zero attached hydrogens (tertiary/aromatic N) is 4. The summed E-state index contributed by atoms with van der Waals surface area (Å²) < 4.78 is 1.23. The lowest BCUT2D eigenvalue weighted by atomic mass is 10.2. The largest absolute Gasteiger partial charge is 0.345 e. The van der Waals surface area contributed by atoms with Crippen molar-refractivity contribution in [1.82, 2.24) is 19.4 Å². The molecular formula is C18H17N5O3. The van der Waals surface area contributed by atoms with E-state index in [1.54, 1.807) is 56.7 Å². The van der Waals surface area contributed by atoms with Crippen LogP contribution in [0.25, 0.3) is 11.0 Å². The second-order valence-corrected chi connectivity index (χ2v) is 5.88. The monoisotopic (exact) mass is 351 g/mol. The summed E-state index contributed by atoms with van der Waals surface area (Å²) in [5.41, 5.74) is 1.07. The molecule has 0 bridgehead atoms. The molecule has 2 aromatic heterocycles. The molecule has 3 aromatic rings. The van der Waals surface area contributed by atoms with Crippen molar-refractivity contribution in [3.8, 4) is 0 Å². The van der Waals surface area contributed by atoms with Gasteiger partial charge in [0, 0.05) is 31.5 Å². The Morgan fingerprint density at radius 2 is 1.85 bits per heavy atom. The first-order valence-electron chi connectivity index (χ1n) is 7.87. The maximum atomic E-state index is 12.4. The first-order chi connectivity index (χ1) is 12.5. The highest BCUT2D eigenvalue weighted by Crippen LogP contribution is 2.11. The zero-order chi connectivity index (χ0) is 18.7. The maximum Gasteiger partial charge on any atom is 0.263 e. The molecule has 0 aliphatic carbocycles.